The molecular formula is C28H35N5O3. The molecule has 0 bridgehead atoms. The monoisotopic (exact) mass is 489 g/mol. The Morgan fingerprint density at radius 3 is 2.75 bits per heavy atom. The molecule has 2 N–H and O–H groups in total. The van der Waals surface area contributed by atoms with E-state index in [1.807, 2.05) is 18.2 Å². The molecule has 0 atom stereocenters. The van der Waals surface area contributed by atoms with E-state index in [1.54, 1.807) is 6.20 Å². The lowest BCUT2D eigenvalue weighted by atomic mass is 9.97. The van der Waals surface area contributed by atoms with Crippen molar-refractivity contribution in [3.05, 3.63) is 53.7 Å². The summed E-state index contributed by atoms with van der Waals surface area (Å²) in [7, 11) is 0. The van der Waals surface area contributed by atoms with E-state index >= 15 is 0 Å². The van der Waals surface area contributed by atoms with Gasteiger partial charge in [0.2, 0.25) is 5.82 Å². The number of hydrogen-bond acceptors (Lipinski definition) is 6. The third-order valence-electron chi connectivity index (χ3n) is 7.36. The summed E-state index contributed by atoms with van der Waals surface area (Å²) < 4.78 is 11.5. The second-order valence-electron chi connectivity index (χ2n) is 10.0. The highest BCUT2D eigenvalue weighted by Gasteiger charge is 2.19. The minimum atomic E-state index is -0.341. The van der Waals surface area contributed by atoms with Gasteiger partial charge in [0.1, 0.15) is 17.4 Å². The first-order valence-corrected chi connectivity index (χ1v) is 13.1. The number of nitrogens with one attached hydrogen (secondary N) is 2. The number of anilines is 1. The molecule has 0 radical (unpaired) electrons. The van der Waals surface area contributed by atoms with Gasteiger partial charge in [-0.1, -0.05) is 31.7 Å². The van der Waals surface area contributed by atoms with Crippen LogP contribution in [0.3, 0.4) is 0 Å². The molecular weight excluding hydrogens is 454 g/mol. The molecule has 1 amide bonds. The van der Waals surface area contributed by atoms with Gasteiger partial charge in [-0.3, -0.25) is 4.79 Å². The first-order valence-electron chi connectivity index (χ1n) is 13.1. The average Bonchev–Trinajstić information content (AvgIpc) is 3.59. The Labute approximate surface area is 212 Å². The molecule has 1 aliphatic carbocycles. The summed E-state index contributed by atoms with van der Waals surface area (Å²) in [6, 6.07) is 9.96. The van der Waals surface area contributed by atoms with E-state index in [1.165, 1.54) is 25.7 Å². The number of nitrogens with zero attached hydrogens (tertiary/aromatic N) is 3. The fraction of sp³-hybridized carbons (Fsp3) is 0.500. The number of hydrogen-bond donors (Lipinski definition) is 2. The third kappa shape index (κ3) is 6.29. The molecule has 36 heavy (non-hydrogen) atoms. The Kier molecular flexibility index (Phi) is 7.91. The zero-order valence-electron chi connectivity index (χ0n) is 21.0. The molecule has 190 valence electrons. The molecule has 8 nitrogen and oxygen atoms in total. The van der Waals surface area contributed by atoms with Crippen molar-refractivity contribution >= 4 is 11.7 Å². The molecule has 1 aliphatic heterocycles. The van der Waals surface area contributed by atoms with Crippen molar-refractivity contribution in [2.75, 3.05) is 25.1 Å². The number of aromatic nitrogens is 4. The van der Waals surface area contributed by atoms with Crippen LogP contribution in [0.15, 0.2) is 36.5 Å². The van der Waals surface area contributed by atoms with Crippen molar-refractivity contribution in [2.24, 2.45) is 11.8 Å². The largest absolute Gasteiger partial charge is 0.494 e. The maximum absolute atomic E-state index is 12.8. The fourth-order valence-corrected chi connectivity index (χ4v) is 5.20. The maximum Gasteiger partial charge on any atom is 0.294 e. The smallest absolute Gasteiger partial charge is 0.294 e. The zero-order chi connectivity index (χ0) is 24.7. The average molecular weight is 490 g/mol. The minimum absolute atomic E-state index is 0.214. The fourth-order valence-electron chi connectivity index (χ4n) is 5.20. The summed E-state index contributed by atoms with van der Waals surface area (Å²) in [6.07, 6.45) is 10.8. The predicted octanol–water partition coefficient (Wildman–Crippen LogP) is 5.36. The Bertz CT molecular complexity index is 1170. The second kappa shape index (κ2) is 11.6. The lowest BCUT2D eigenvalue weighted by molar-refractivity contribution is 0.0593. The van der Waals surface area contributed by atoms with Gasteiger partial charge in [-0.25, -0.2) is 4.98 Å². The van der Waals surface area contributed by atoms with E-state index in [0.717, 1.165) is 67.2 Å². The highest BCUT2D eigenvalue weighted by atomic mass is 16.5. The van der Waals surface area contributed by atoms with Gasteiger partial charge in [-0.2, -0.15) is 0 Å². The van der Waals surface area contributed by atoms with E-state index in [-0.39, 0.29) is 11.7 Å². The summed E-state index contributed by atoms with van der Waals surface area (Å²) >= 11 is 0. The van der Waals surface area contributed by atoms with Crippen LogP contribution in [0.1, 0.15) is 67.0 Å². The van der Waals surface area contributed by atoms with Crippen molar-refractivity contribution in [1.82, 2.24) is 20.2 Å². The van der Waals surface area contributed by atoms with E-state index in [0.29, 0.717) is 24.3 Å². The molecule has 0 unspecified atom stereocenters. The van der Waals surface area contributed by atoms with Gasteiger partial charge >= 0.3 is 0 Å². The number of carbonyl (C=O) groups excluding carboxylic acids is 1. The quantitative estimate of drug-likeness (QED) is 0.420. The number of carbonyl (C=O) groups is 1. The van der Waals surface area contributed by atoms with E-state index in [4.69, 9.17) is 9.47 Å². The Hall–Kier alpha value is -3.26. The molecule has 1 saturated carbocycles. The number of aryl methyl sites for hydroxylation is 1. The van der Waals surface area contributed by atoms with Crippen molar-refractivity contribution in [2.45, 2.75) is 58.3 Å². The molecule has 3 aromatic rings. The Balaban J connectivity index is 1.21. The standard InChI is InChI=1S/C28H35N5O3/c1-19-6-7-23(36-15-11-20-9-13-35-14-10-20)18-24(19)22-8-12-29-25(17-22)31-28(34)27-30-26(32-33-27)16-21-4-2-3-5-21/h6-8,12,17-18,20-21H,2-5,9-11,13-16H2,1H3,(H,29,31,34)(H,30,32,33). The van der Waals surface area contributed by atoms with Crippen LogP contribution >= 0.6 is 0 Å². The van der Waals surface area contributed by atoms with E-state index in [2.05, 4.69) is 44.5 Å². The predicted molar refractivity (Wildman–Crippen MR) is 138 cm³/mol. The van der Waals surface area contributed by atoms with Crippen LogP contribution in [-0.2, 0) is 11.2 Å². The van der Waals surface area contributed by atoms with Crippen LogP contribution in [0.4, 0.5) is 5.82 Å². The summed E-state index contributed by atoms with van der Waals surface area (Å²) in [5.74, 6) is 3.28. The highest BCUT2D eigenvalue weighted by molar-refractivity contribution is 6.01. The third-order valence-corrected chi connectivity index (χ3v) is 7.36. The number of pyridine rings is 1. The molecule has 2 aromatic heterocycles. The van der Waals surface area contributed by atoms with Gasteiger partial charge in [0, 0.05) is 25.8 Å². The number of amides is 1. The highest BCUT2D eigenvalue weighted by Crippen LogP contribution is 2.30. The van der Waals surface area contributed by atoms with Gasteiger partial charge in [0.25, 0.3) is 5.91 Å². The molecule has 8 heteroatoms. The molecule has 2 aliphatic rings. The van der Waals surface area contributed by atoms with Crippen molar-refractivity contribution in [3.63, 3.8) is 0 Å². The van der Waals surface area contributed by atoms with E-state index < -0.39 is 0 Å². The molecule has 1 saturated heterocycles. The summed E-state index contributed by atoms with van der Waals surface area (Å²) in [4.78, 5) is 20.2. The van der Waals surface area contributed by atoms with E-state index in [9.17, 15) is 4.79 Å². The molecule has 5 rings (SSSR count). The SMILES string of the molecule is Cc1ccc(OCCC2CCOCC2)cc1-c1ccnc(NC(=O)c2nnc(CC3CCCC3)[nH]2)c1. The number of ether oxygens (including phenoxy) is 2. The maximum atomic E-state index is 12.8. The number of benzene rings is 1. The Morgan fingerprint density at radius 1 is 1.08 bits per heavy atom. The van der Waals surface area contributed by atoms with Crippen LogP contribution in [0, 0.1) is 18.8 Å². The van der Waals surface area contributed by atoms with Crippen LogP contribution < -0.4 is 10.1 Å². The van der Waals surface area contributed by atoms with Crippen molar-refractivity contribution < 1.29 is 14.3 Å². The summed E-state index contributed by atoms with van der Waals surface area (Å²) in [5, 5.41) is 11.1. The molecule has 1 aromatic carbocycles. The van der Waals surface area contributed by atoms with Gasteiger partial charge in [0.05, 0.1) is 6.61 Å². The molecule has 3 heterocycles. The second-order valence-corrected chi connectivity index (χ2v) is 10.0. The van der Waals surface area contributed by atoms with Crippen molar-refractivity contribution in [3.8, 4) is 16.9 Å². The molecule has 0 spiro atoms. The summed E-state index contributed by atoms with van der Waals surface area (Å²) in [6.45, 7) is 4.49. The van der Waals surface area contributed by atoms with Crippen LogP contribution in [0.25, 0.3) is 11.1 Å². The minimum Gasteiger partial charge on any atom is -0.494 e. The lowest BCUT2D eigenvalue weighted by Gasteiger charge is -2.22. The van der Waals surface area contributed by atoms with Crippen molar-refractivity contribution in [1.29, 1.82) is 0 Å². The van der Waals surface area contributed by atoms with Gasteiger partial charge < -0.3 is 19.8 Å². The number of rotatable bonds is 9. The first-order chi connectivity index (χ1) is 17.6. The topological polar surface area (TPSA) is 102 Å². The van der Waals surface area contributed by atoms with Crippen LogP contribution in [0.2, 0.25) is 0 Å². The lowest BCUT2D eigenvalue weighted by Crippen LogP contribution is -2.17. The van der Waals surface area contributed by atoms with Gasteiger partial charge in [0.15, 0.2) is 0 Å². The Morgan fingerprint density at radius 2 is 1.92 bits per heavy atom. The zero-order valence-corrected chi connectivity index (χ0v) is 21.0. The first kappa shape index (κ1) is 24.4. The van der Waals surface area contributed by atoms with Gasteiger partial charge in [-0.15, -0.1) is 10.2 Å². The van der Waals surface area contributed by atoms with Crippen LogP contribution in [0.5, 0.6) is 5.75 Å². The number of H-pyrrole nitrogens is 1. The number of aromatic amines is 1. The normalized spacial score (nSPS) is 16.8. The summed E-state index contributed by atoms with van der Waals surface area (Å²) in [5.41, 5.74) is 3.14. The van der Waals surface area contributed by atoms with Crippen LogP contribution in [-0.4, -0.2) is 45.9 Å². The molecule has 2 fully saturated rings. The van der Waals surface area contributed by atoms with Gasteiger partial charge in [-0.05, 0) is 79.0 Å².